The first-order valence-electron chi connectivity index (χ1n) is 11.1. The fourth-order valence-corrected chi connectivity index (χ4v) is 5.18. The van der Waals surface area contributed by atoms with Crippen LogP contribution in [-0.2, 0) is 16.6 Å². The molecule has 0 aromatic heterocycles. The molecule has 0 atom stereocenters. The Morgan fingerprint density at radius 1 is 0.743 bits per heavy atom. The molecule has 4 rings (SSSR count). The molecule has 1 heterocycles. The van der Waals surface area contributed by atoms with Gasteiger partial charge < -0.3 is 0 Å². The fourth-order valence-electron chi connectivity index (χ4n) is 3.76. The van der Waals surface area contributed by atoms with Crippen LogP contribution in [0.2, 0.25) is 0 Å². The SMILES string of the molecule is O=C(NNC(=O)c1ccc(S(=O)(=O)N2CCN(Cc3ccccc3)CC2)cc1)c1ccc(F)cc1. The number of benzene rings is 3. The van der Waals surface area contributed by atoms with E-state index in [1.807, 2.05) is 18.2 Å². The van der Waals surface area contributed by atoms with Crippen molar-refractivity contribution < 1.29 is 22.4 Å². The smallest absolute Gasteiger partial charge is 0.269 e. The van der Waals surface area contributed by atoms with E-state index in [0.29, 0.717) is 26.2 Å². The van der Waals surface area contributed by atoms with Crippen molar-refractivity contribution in [3.63, 3.8) is 0 Å². The Hall–Kier alpha value is -3.60. The van der Waals surface area contributed by atoms with E-state index in [9.17, 15) is 22.4 Å². The molecule has 0 aliphatic carbocycles. The van der Waals surface area contributed by atoms with Crippen molar-refractivity contribution in [3.05, 3.63) is 101 Å². The van der Waals surface area contributed by atoms with E-state index >= 15 is 0 Å². The molecule has 0 spiro atoms. The van der Waals surface area contributed by atoms with Gasteiger partial charge >= 0.3 is 0 Å². The minimum atomic E-state index is -3.69. The first-order valence-corrected chi connectivity index (χ1v) is 12.5. The summed E-state index contributed by atoms with van der Waals surface area (Å²) in [7, 11) is -3.69. The van der Waals surface area contributed by atoms with Gasteiger partial charge in [0.05, 0.1) is 4.90 Å². The number of hydrogen-bond donors (Lipinski definition) is 2. The normalized spacial score (nSPS) is 14.9. The van der Waals surface area contributed by atoms with E-state index in [1.165, 1.54) is 46.3 Å². The van der Waals surface area contributed by atoms with Gasteiger partial charge in [-0.15, -0.1) is 0 Å². The van der Waals surface area contributed by atoms with Crippen LogP contribution in [0.4, 0.5) is 4.39 Å². The molecule has 10 heteroatoms. The van der Waals surface area contributed by atoms with E-state index in [0.717, 1.165) is 18.7 Å². The van der Waals surface area contributed by atoms with Gasteiger partial charge in [0.2, 0.25) is 10.0 Å². The summed E-state index contributed by atoms with van der Waals surface area (Å²) in [5, 5.41) is 0. The van der Waals surface area contributed by atoms with Gasteiger partial charge in [0.25, 0.3) is 11.8 Å². The van der Waals surface area contributed by atoms with Crippen molar-refractivity contribution in [1.29, 1.82) is 0 Å². The number of nitrogens with one attached hydrogen (secondary N) is 2. The molecule has 0 radical (unpaired) electrons. The average molecular weight is 497 g/mol. The predicted octanol–water partition coefficient (Wildman–Crippen LogP) is 2.41. The number of piperazine rings is 1. The lowest BCUT2D eigenvalue weighted by molar-refractivity contribution is 0.0846. The molecule has 2 amide bonds. The summed E-state index contributed by atoms with van der Waals surface area (Å²) in [4.78, 5) is 26.7. The number of carbonyl (C=O) groups is 2. The summed E-state index contributed by atoms with van der Waals surface area (Å²) in [6.45, 7) is 2.79. The zero-order chi connectivity index (χ0) is 24.8. The van der Waals surface area contributed by atoms with Crippen molar-refractivity contribution in [1.82, 2.24) is 20.1 Å². The second kappa shape index (κ2) is 10.8. The molecule has 182 valence electrons. The molecule has 1 fully saturated rings. The summed E-state index contributed by atoms with van der Waals surface area (Å²) in [6.07, 6.45) is 0. The van der Waals surface area contributed by atoms with E-state index in [2.05, 4.69) is 27.9 Å². The quantitative estimate of drug-likeness (QED) is 0.511. The van der Waals surface area contributed by atoms with E-state index in [4.69, 9.17) is 0 Å². The van der Waals surface area contributed by atoms with Crippen LogP contribution in [0.25, 0.3) is 0 Å². The van der Waals surface area contributed by atoms with E-state index in [1.54, 1.807) is 0 Å². The third-order valence-corrected chi connectivity index (χ3v) is 7.64. The molecule has 3 aromatic rings. The Morgan fingerprint density at radius 2 is 1.26 bits per heavy atom. The molecule has 8 nitrogen and oxygen atoms in total. The van der Waals surface area contributed by atoms with Crippen molar-refractivity contribution >= 4 is 21.8 Å². The molecular weight excluding hydrogens is 471 g/mol. The first kappa shape index (κ1) is 24.5. The van der Waals surface area contributed by atoms with Crippen molar-refractivity contribution in [3.8, 4) is 0 Å². The van der Waals surface area contributed by atoms with E-state index in [-0.39, 0.29) is 16.0 Å². The number of rotatable bonds is 6. The van der Waals surface area contributed by atoms with Crippen LogP contribution in [0.15, 0.2) is 83.8 Å². The van der Waals surface area contributed by atoms with Gasteiger partial charge in [-0.1, -0.05) is 30.3 Å². The highest BCUT2D eigenvalue weighted by Gasteiger charge is 2.28. The second-order valence-electron chi connectivity index (χ2n) is 8.11. The summed E-state index contributed by atoms with van der Waals surface area (Å²) >= 11 is 0. The number of amides is 2. The number of halogens is 1. The Kier molecular flexibility index (Phi) is 7.54. The van der Waals surface area contributed by atoms with Crippen molar-refractivity contribution in [2.45, 2.75) is 11.4 Å². The maximum atomic E-state index is 13.1. The summed E-state index contributed by atoms with van der Waals surface area (Å²) in [6, 6.07) is 20.4. The van der Waals surface area contributed by atoms with Gasteiger partial charge in [-0.3, -0.25) is 25.3 Å². The van der Waals surface area contributed by atoms with Crippen LogP contribution >= 0.6 is 0 Å². The molecule has 1 saturated heterocycles. The molecule has 2 N–H and O–H groups in total. The fraction of sp³-hybridized carbons (Fsp3) is 0.200. The highest BCUT2D eigenvalue weighted by atomic mass is 32.2. The standard InChI is InChI=1S/C25H25FN4O4S/c26-22-10-6-20(7-11-22)24(31)27-28-25(32)21-8-12-23(13-9-21)35(33,34)30-16-14-29(15-17-30)18-19-4-2-1-3-5-19/h1-13H,14-18H2,(H,27,31)(H,28,32). The van der Waals surface area contributed by atoms with Gasteiger partial charge in [0.15, 0.2) is 0 Å². The molecule has 1 aliphatic heterocycles. The molecule has 0 bridgehead atoms. The number of nitrogens with zero attached hydrogens (tertiary/aromatic N) is 2. The van der Waals surface area contributed by atoms with Crippen LogP contribution in [0.3, 0.4) is 0 Å². The summed E-state index contributed by atoms with van der Waals surface area (Å²) in [5.74, 6) is -1.70. The maximum absolute atomic E-state index is 13.1. The van der Waals surface area contributed by atoms with Crippen LogP contribution in [0.1, 0.15) is 26.3 Å². The lowest BCUT2D eigenvalue weighted by atomic mass is 10.2. The largest absolute Gasteiger partial charge is 0.296 e. The molecule has 1 aliphatic rings. The highest BCUT2D eigenvalue weighted by Crippen LogP contribution is 2.19. The number of hydrazine groups is 1. The van der Waals surface area contributed by atoms with Gasteiger partial charge in [0.1, 0.15) is 5.82 Å². The van der Waals surface area contributed by atoms with Crippen LogP contribution in [0, 0.1) is 5.82 Å². The summed E-state index contributed by atoms with van der Waals surface area (Å²) < 4.78 is 40.5. The van der Waals surface area contributed by atoms with Crippen LogP contribution in [0.5, 0.6) is 0 Å². The molecular formula is C25H25FN4O4S. The second-order valence-corrected chi connectivity index (χ2v) is 10.0. The number of hydrogen-bond acceptors (Lipinski definition) is 5. The first-order chi connectivity index (χ1) is 16.8. The van der Waals surface area contributed by atoms with Gasteiger partial charge in [0, 0.05) is 43.9 Å². The van der Waals surface area contributed by atoms with Crippen LogP contribution < -0.4 is 10.9 Å². The third-order valence-electron chi connectivity index (χ3n) is 5.73. The predicted molar refractivity (Wildman–Crippen MR) is 128 cm³/mol. The number of sulfonamides is 1. The topological polar surface area (TPSA) is 98.8 Å². The monoisotopic (exact) mass is 496 g/mol. The minimum absolute atomic E-state index is 0.0981. The number of carbonyl (C=O) groups excluding carboxylic acids is 2. The Labute approximate surface area is 203 Å². The van der Waals surface area contributed by atoms with Crippen molar-refractivity contribution in [2.24, 2.45) is 0 Å². The third kappa shape index (κ3) is 6.10. The van der Waals surface area contributed by atoms with E-state index < -0.39 is 27.7 Å². The molecule has 0 unspecified atom stereocenters. The average Bonchev–Trinajstić information content (AvgIpc) is 2.88. The lowest BCUT2D eigenvalue weighted by Crippen LogP contribution is -2.48. The van der Waals surface area contributed by atoms with Gasteiger partial charge in [-0.25, -0.2) is 12.8 Å². The zero-order valence-corrected chi connectivity index (χ0v) is 19.7. The van der Waals surface area contributed by atoms with Crippen LogP contribution in [-0.4, -0.2) is 55.6 Å². The van der Waals surface area contributed by atoms with Gasteiger partial charge in [-0.2, -0.15) is 4.31 Å². The maximum Gasteiger partial charge on any atom is 0.269 e. The zero-order valence-electron chi connectivity index (χ0n) is 18.9. The molecule has 35 heavy (non-hydrogen) atoms. The summed E-state index contributed by atoms with van der Waals surface area (Å²) in [5.41, 5.74) is 6.04. The Morgan fingerprint density at radius 3 is 1.80 bits per heavy atom. The van der Waals surface area contributed by atoms with Crippen molar-refractivity contribution in [2.75, 3.05) is 26.2 Å². The molecule has 3 aromatic carbocycles. The Bertz CT molecular complexity index is 1280. The van der Waals surface area contributed by atoms with Gasteiger partial charge in [-0.05, 0) is 54.1 Å². The Balaban J connectivity index is 1.31. The highest BCUT2D eigenvalue weighted by molar-refractivity contribution is 7.89. The lowest BCUT2D eigenvalue weighted by Gasteiger charge is -2.34. The molecule has 0 saturated carbocycles. The minimum Gasteiger partial charge on any atom is -0.296 e.